The van der Waals surface area contributed by atoms with E-state index in [1.807, 2.05) is 12.1 Å². The fraction of sp³-hybridized carbons (Fsp3) is 0.455. The van der Waals surface area contributed by atoms with Crippen LogP contribution in [0.3, 0.4) is 0 Å². The van der Waals surface area contributed by atoms with E-state index in [0.29, 0.717) is 23.7 Å². The normalized spacial score (nSPS) is 17.5. The van der Waals surface area contributed by atoms with Crippen LogP contribution in [-0.4, -0.2) is 33.9 Å². The number of nitrogens with zero attached hydrogens (tertiary/aromatic N) is 2. The van der Waals surface area contributed by atoms with E-state index >= 15 is 0 Å². The van der Waals surface area contributed by atoms with Crippen LogP contribution in [-0.2, 0) is 4.79 Å². The van der Waals surface area contributed by atoms with E-state index < -0.39 is 6.04 Å². The zero-order valence-electron chi connectivity index (χ0n) is 16.4. The standard InChI is InChI=1S/C22H27N5O2/c28-21(16-6-3-7-18(13-16)25-20-10-11-23-14-24-20)27-19(12-15-4-1-2-5-15)22(29)26-17-8-9-17/h3,6-7,10-11,13-15,17,19H,1-2,4-5,8-9,12H2,(H,26,29)(H,27,28)(H,23,24,25)/t19-/m0/s1. The number of hydrogen-bond donors (Lipinski definition) is 3. The van der Waals surface area contributed by atoms with Crippen molar-refractivity contribution < 1.29 is 9.59 Å². The minimum atomic E-state index is -0.482. The minimum absolute atomic E-state index is 0.0528. The zero-order valence-corrected chi connectivity index (χ0v) is 16.4. The molecule has 2 fully saturated rings. The third-order valence-electron chi connectivity index (χ3n) is 5.57. The Morgan fingerprint density at radius 2 is 1.93 bits per heavy atom. The molecule has 2 aliphatic rings. The molecule has 7 nitrogen and oxygen atoms in total. The molecule has 0 radical (unpaired) electrons. The molecule has 29 heavy (non-hydrogen) atoms. The molecule has 1 aromatic carbocycles. The maximum atomic E-state index is 12.9. The molecule has 152 valence electrons. The first kappa shape index (κ1) is 19.4. The zero-order chi connectivity index (χ0) is 20.1. The SMILES string of the molecule is O=C(N[C@@H](CC1CCCC1)C(=O)NC1CC1)c1cccc(Nc2ccncn2)c1. The van der Waals surface area contributed by atoms with E-state index in [-0.39, 0.29) is 17.9 Å². The van der Waals surface area contributed by atoms with Crippen molar-refractivity contribution >= 4 is 23.3 Å². The molecule has 0 saturated heterocycles. The molecule has 7 heteroatoms. The highest BCUT2D eigenvalue weighted by Gasteiger charge is 2.31. The van der Waals surface area contributed by atoms with Crippen molar-refractivity contribution in [3.63, 3.8) is 0 Å². The largest absolute Gasteiger partial charge is 0.352 e. The molecule has 2 saturated carbocycles. The van der Waals surface area contributed by atoms with Crippen LogP contribution in [0, 0.1) is 5.92 Å². The number of aromatic nitrogens is 2. The number of carbonyl (C=O) groups excluding carboxylic acids is 2. The molecule has 0 unspecified atom stereocenters. The summed E-state index contributed by atoms with van der Waals surface area (Å²) in [6.07, 6.45) is 10.6. The molecule has 3 N–H and O–H groups in total. The molecule has 0 spiro atoms. The summed E-state index contributed by atoms with van der Waals surface area (Å²) in [5, 5.41) is 9.19. The third-order valence-corrected chi connectivity index (χ3v) is 5.57. The van der Waals surface area contributed by atoms with Gasteiger partial charge >= 0.3 is 0 Å². The quantitative estimate of drug-likeness (QED) is 0.640. The van der Waals surface area contributed by atoms with E-state index in [2.05, 4.69) is 25.9 Å². The lowest BCUT2D eigenvalue weighted by Crippen LogP contribution is -2.48. The Morgan fingerprint density at radius 3 is 2.66 bits per heavy atom. The fourth-order valence-electron chi connectivity index (χ4n) is 3.83. The maximum absolute atomic E-state index is 12.9. The van der Waals surface area contributed by atoms with E-state index in [9.17, 15) is 9.59 Å². The second-order valence-electron chi connectivity index (χ2n) is 8.00. The molecule has 2 aliphatic carbocycles. The van der Waals surface area contributed by atoms with Gasteiger partial charge in [0.2, 0.25) is 5.91 Å². The average molecular weight is 393 g/mol. The lowest BCUT2D eigenvalue weighted by Gasteiger charge is -2.21. The van der Waals surface area contributed by atoms with Crippen molar-refractivity contribution in [2.75, 3.05) is 5.32 Å². The van der Waals surface area contributed by atoms with Gasteiger partial charge in [0.25, 0.3) is 5.91 Å². The Bertz CT molecular complexity index is 847. The van der Waals surface area contributed by atoms with E-state index in [1.165, 1.54) is 19.2 Å². The predicted molar refractivity (Wildman–Crippen MR) is 111 cm³/mol. The van der Waals surface area contributed by atoms with Gasteiger partial charge in [-0.1, -0.05) is 31.7 Å². The Kier molecular flexibility index (Phi) is 6.03. The monoisotopic (exact) mass is 393 g/mol. The molecule has 0 aliphatic heterocycles. The van der Waals surface area contributed by atoms with Crippen molar-refractivity contribution in [3.8, 4) is 0 Å². The Balaban J connectivity index is 1.43. The molecular formula is C22H27N5O2. The number of carbonyl (C=O) groups is 2. The van der Waals surface area contributed by atoms with Gasteiger partial charge in [0.05, 0.1) is 0 Å². The Morgan fingerprint density at radius 1 is 1.10 bits per heavy atom. The van der Waals surface area contributed by atoms with E-state index in [0.717, 1.165) is 31.4 Å². The second-order valence-corrected chi connectivity index (χ2v) is 8.00. The maximum Gasteiger partial charge on any atom is 0.252 e. The van der Waals surface area contributed by atoms with Gasteiger partial charge in [-0.25, -0.2) is 9.97 Å². The molecule has 4 rings (SSSR count). The van der Waals surface area contributed by atoms with Crippen molar-refractivity contribution in [1.82, 2.24) is 20.6 Å². The van der Waals surface area contributed by atoms with Crippen LogP contribution in [0.5, 0.6) is 0 Å². The summed E-state index contributed by atoms with van der Waals surface area (Å²) in [6, 6.07) is 8.76. The molecule has 2 amide bonds. The van der Waals surface area contributed by atoms with E-state index in [4.69, 9.17) is 0 Å². The van der Waals surface area contributed by atoms with Gasteiger partial charge in [0.15, 0.2) is 0 Å². The summed E-state index contributed by atoms with van der Waals surface area (Å²) in [5.74, 6) is 0.879. The number of rotatable bonds is 8. The molecule has 1 atom stereocenters. The van der Waals surface area contributed by atoms with Crippen molar-refractivity contribution in [1.29, 1.82) is 0 Å². The van der Waals surface area contributed by atoms with Crippen molar-refractivity contribution in [2.45, 2.75) is 57.0 Å². The summed E-state index contributed by atoms with van der Waals surface area (Å²) in [4.78, 5) is 33.6. The summed E-state index contributed by atoms with van der Waals surface area (Å²) in [5.41, 5.74) is 1.27. The fourth-order valence-corrected chi connectivity index (χ4v) is 3.83. The van der Waals surface area contributed by atoms with Gasteiger partial charge in [0, 0.05) is 23.5 Å². The highest BCUT2D eigenvalue weighted by atomic mass is 16.2. The number of nitrogens with one attached hydrogen (secondary N) is 3. The smallest absolute Gasteiger partial charge is 0.252 e. The van der Waals surface area contributed by atoms with Crippen LogP contribution in [0.25, 0.3) is 0 Å². The highest BCUT2D eigenvalue weighted by molar-refractivity contribution is 5.98. The average Bonchev–Trinajstić information content (AvgIpc) is 3.40. The predicted octanol–water partition coefficient (Wildman–Crippen LogP) is 3.18. The van der Waals surface area contributed by atoms with Gasteiger partial charge in [-0.3, -0.25) is 9.59 Å². The summed E-state index contributed by atoms with van der Waals surface area (Å²) >= 11 is 0. The summed E-state index contributed by atoms with van der Waals surface area (Å²) in [7, 11) is 0. The molecular weight excluding hydrogens is 366 g/mol. The van der Waals surface area contributed by atoms with Crippen molar-refractivity contribution in [3.05, 3.63) is 48.4 Å². The van der Waals surface area contributed by atoms with Crippen LogP contribution in [0.2, 0.25) is 0 Å². The number of benzene rings is 1. The summed E-state index contributed by atoms with van der Waals surface area (Å²) < 4.78 is 0. The first-order valence-electron chi connectivity index (χ1n) is 10.4. The van der Waals surface area contributed by atoms with Gasteiger partial charge < -0.3 is 16.0 Å². The van der Waals surface area contributed by atoms with Crippen LogP contribution >= 0.6 is 0 Å². The lowest BCUT2D eigenvalue weighted by molar-refractivity contribution is -0.123. The Labute approximate surface area is 170 Å². The van der Waals surface area contributed by atoms with Gasteiger partial charge in [-0.05, 0) is 49.4 Å². The Hall–Kier alpha value is -2.96. The molecule has 1 aromatic heterocycles. The number of anilines is 2. The summed E-state index contributed by atoms with van der Waals surface area (Å²) in [6.45, 7) is 0. The van der Waals surface area contributed by atoms with Crippen LogP contribution in [0.1, 0.15) is 55.3 Å². The van der Waals surface area contributed by atoms with Crippen LogP contribution in [0.4, 0.5) is 11.5 Å². The van der Waals surface area contributed by atoms with E-state index in [1.54, 1.807) is 24.4 Å². The molecule has 0 bridgehead atoms. The van der Waals surface area contributed by atoms with Crippen LogP contribution in [0.15, 0.2) is 42.9 Å². The third kappa shape index (κ3) is 5.53. The number of amides is 2. The molecule has 2 aromatic rings. The first-order chi connectivity index (χ1) is 14.2. The van der Waals surface area contributed by atoms with Crippen LogP contribution < -0.4 is 16.0 Å². The number of hydrogen-bond acceptors (Lipinski definition) is 5. The second kappa shape index (κ2) is 9.03. The van der Waals surface area contributed by atoms with Gasteiger partial charge in [-0.15, -0.1) is 0 Å². The molecule has 1 heterocycles. The van der Waals surface area contributed by atoms with Gasteiger partial charge in [-0.2, -0.15) is 0 Å². The van der Waals surface area contributed by atoms with Gasteiger partial charge in [0.1, 0.15) is 18.2 Å². The minimum Gasteiger partial charge on any atom is -0.352 e. The van der Waals surface area contributed by atoms with Crippen molar-refractivity contribution in [2.24, 2.45) is 5.92 Å². The highest BCUT2D eigenvalue weighted by Crippen LogP contribution is 2.29. The topological polar surface area (TPSA) is 96.0 Å². The first-order valence-corrected chi connectivity index (χ1v) is 10.4. The lowest BCUT2D eigenvalue weighted by atomic mass is 9.97.